The second kappa shape index (κ2) is 7.24. The number of nitrogens with zero attached hydrogens (tertiary/aromatic N) is 1. The highest BCUT2D eigenvalue weighted by Gasteiger charge is 2.15. The summed E-state index contributed by atoms with van der Waals surface area (Å²) in [5.74, 6) is 2.39. The van der Waals surface area contributed by atoms with E-state index in [4.69, 9.17) is 18.0 Å². The van der Waals surface area contributed by atoms with Crippen LogP contribution < -0.4 is 5.73 Å². The number of thioether (sulfide) groups is 1. The van der Waals surface area contributed by atoms with Crippen LogP contribution in [-0.4, -0.2) is 46.1 Å². The molecule has 1 saturated heterocycles. The molecule has 0 amide bonds. The van der Waals surface area contributed by atoms with E-state index in [9.17, 15) is 5.11 Å². The Morgan fingerprint density at radius 2 is 2.05 bits per heavy atom. The van der Waals surface area contributed by atoms with Gasteiger partial charge in [0.05, 0.1) is 6.10 Å². The van der Waals surface area contributed by atoms with E-state index in [2.05, 4.69) is 4.90 Å². The van der Waals surface area contributed by atoms with Crippen molar-refractivity contribution in [2.24, 2.45) is 5.73 Å². The van der Waals surface area contributed by atoms with E-state index in [1.807, 2.05) is 36.0 Å². The minimum Gasteiger partial charge on any atom is -0.389 e. The third-order valence-electron chi connectivity index (χ3n) is 3.33. The molecule has 3 N–H and O–H groups in total. The highest BCUT2D eigenvalue weighted by atomic mass is 32.2. The highest BCUT2D eigenvalue weighted by molar-refractivity contribution is 7.99. The molecule has 0 radical (unpaired) electrons. The molecule has 1 unspecified atom stereocenters. The van der Waals surface area contributed by atoms with Crippen molar-refractivity contribution in [3.8, 4) is 0 Å². The lowest BCUT2D eigenvalue weighted by atomic mass is 10.1. The Morgan fingerprint density at radius 1 is 1.32 bits per heavy atom. The van der Waals surface area contributed by atoms with Crippen LogP contribution in [0, 0.1) is 0 Å². The highest BCUT2D eigenvalue weighted by Crippen LogP contribution is 2.17. The number of β-amino-alcohol motifs (C(OH)–C–C–N with tert-alkyl or cyclic N) is 1. The second-order valence-electron chi connectivity index (χ2n) is 4.77. The molecule has 1 aliphatic rings. The molecular formula is C14H20N2OS2. The maximum Gasteiger partial charge on any atom is 0.103 e. The van der Waals surface area contributed by atoms with E-state index in [0.717, 1.165) is 30.0 Å². The molecule has 104 valence electrons. The lowest BCUT2D eigenvalue weighted by Crippen LogP contribution is -2.30. The minimum atomic E-state index is -0.441. The van der Waals surface area contributed by atoms with Gasteiger partial charge in [0, 0.05) is 24.4 Å². The minimum absolute atomic E-state index is 0.394. The van der Waals surface area contributed by atoms with Crippen LogP contribution in [-0.2, 0) is 0 Å². The lowest BCUT2D eigenvalue weighted by Gasteiger charge is -2.23. The van der Waals surface area contributed by atoms with E-state index >= 15 is 0 Å². The molecule has 1 heterocycles. The fourth-order valence-corrected chi connectivity index (χ4v) is 3.26. The molecule has 0 aliphatic carbocycles. The number of benzene rings is 1. The lowest BCUT2D eigenvalue weighted by molar-refractivity contribution is 0.117. The molecule has 2 rings (SSSR count). The number of aliphatic hydroxyl groups excluding tert-OH is 1. The monoisotopic (exact) mass is 296 g/mol. The molecule has 0 saturated carbocycles. The molecular weight excluding hydrogens is 276 g/mol. The van der Waals surface area contributed by atoms with Crippen molar-refractivity contribution in [3.63, 3.8) is 0 Å². The summed E-state index contributed by atoms with van der Waals surface area (Å²) in [6, 6.07) is 7.57. The van der Waals surface area contributed by atoms with Gasteiger partial charge in [0.25, 0.3) is 0 Å². The van der Waals surface area contributed by atoms with Crippen molar-refractivity contribution in [2.75, 3.05) is 31.1 Å². The third-order valence-corrected chi connectivity index (χ3v) is 4.61. The fourth-order valence-electron chi connectivity index (χ4n) is 2.20. The standard InChI is InChI=1S/C14H20N2OS2/c15-14(18)12-4-2-11(3-5-12)13(17)10-16-6-1-8-19-9-7-16/h2-5,13,17H,1,6-10H2,(H2,15,18). The van der Waals surface area contributed by atoms with Gasteiger partial charge >= 0.3 is 0 Å². The van der Waals surface area contributed by atoms with Crippen LogP contribution in [0.3, 0.4) is 0 Å². The van der Waals surface area contributed by atoms with Gasteiger partial charge in [-0.1, -0.05) is 36.5 Å². The van der Waals surface area contributed by atoms with E-state index in [-0.39, 0.29) is 0 Å². The molecule has 19 heavy (non-hydrogen) atoms. The first-order chi connectivity index (χ1) is 9.16. The van der Waals surface area contributed by atoms with E-state index in [0.29, 0.717) is 11.5 Å². The van der Waals surface area contributed by atoms with Crippen LogP contribution in [0.2, 0.25) is 0 Å². The number of aliphatic hydroxyl groups is 1. The number of rotatable bonds is 4. The predicted octanol–water partition coefficient (Wildman–Crippen LogP) is 1.79. The summed E-state index contributed by atoms with van der Waals surface area (Å²) in [6.45, 7) is 2.84. The fraction of sp³-hybridized carbons (Fsp3) is 0.500. The molecule has 3 nitrogen and oxygen atoms in total. The molecule has 0 spiro atoms. The van der Waals surface area contributed by atoms with Gasteiger partial charge in [-0.25, -0.2) is 0 Å². The molecule has 5 heteroatoms. The normalized spacial score (nSPS) is 18.8. The first-order valence-corrected chi connectivity index (χ1v) is 8.11. The SMILES string of the molecule is NC(=S)c1ccc(C(O)CN2CCCSCC2)cc1. The van der Waals surface area contributed by atoms with Gasteiger partial charge in [-0.05, 0) is 24.3 Å². The van der Waals surface area contributed by atoms with Crippen LogP contribution in [0.5, 0.6) is 0 Å². The molecule has 1 fully saturated rings. The summed E-state index contributed by atoms with van der Waals surface area (Å²) >= 11 is 6.92. The Morgan fingerprint density at radius 3 is 2.74 bits per heavy atom. The van der Waals surface area contributed by atoms with Crippen LogP contribution in [0.25, 0.3) is 0 Å². The van der Waals surface area contributed by atoms with Crippen molar-refractivity contribution < 1.29 is 5.11 Å². The maximum absolute atomic E-state index is 10.3. The zero-order valence-electron chi connectivity index (χ0n) is 10.9. The van der Waals surface area contributed by atoms with Crippen molar-refractivity contribution in [3.05, 3.63) is 35.4 Å². The Hall–Kier alpha value is -0.620. The van der Waals surface area contributed by atoms with Crippen molar-refractivity contribution >= 4 is 29.0 Å². The smallest absolute Gasteiger partial charge is 0.103 e. The zero-order valence-corrected chi connectivity index (χ0v) is 12.6. The van der Waals surface area contributed by atoms with Gasteiger partial charge in [0.15, 0.2) is 0 Å². The van der Waals surface area contributed by atoms with Crippen LogP contribution in [0.4, 0.5) is 0 Å². The van der Waals surface area contributed by atoms with Gasteiger partial charge in [0.1, 0.15) is 4.99 Å². The van der Waals surface area contributed by atoms with Gasteiger partial charge in [-0.3, -0.25) is 4.90 Å². The van der Waals surface area contributed by atoms with Crippen molar-refractivity contribution in [1.29, 1.82) is 0 Å². The van der Waals surface area contributed by atoms with Crippen LogP contribution >= 0.6 is 24.0 Å². The van der Waals surface area contributed by atoms with Crippen molar-refractivity contribution in [1.82, 2.24) is 4.90 Å². The van der Waals surface area contributed by atoms with E-state index in [1.165, 1.54) is 12.2 Å². The average Bonchev–Trinajstić information content (AvgIpc) is 2.67. The Bertz CT molecular complexity index is 414. The topological polar surface area (TPSA) is 49.5 Å². The Balaban J connectivity index is 1.94. The molecule has 1 aromatic rings. The van der Waals surface area contributed by atoms with E-state index < -0.39 is 6.10 Å². The molecule has 1 aliphatic heterocycles. The number of hydrogen-bond donors (Lipinski definition) is 2. The van der Waals surface area contributed by atoms with Crippen LogP contribution in [0.1, 0.15) is 23.7 Å². The quantitative estimate of drug-likeness (QED) is 0.830. The van der Waals surface area contributed by atoms with Crippen molar-refractivity contribution in [2.45, 2.75) is 12.5 Å². The summed E-state index contributed by atoms with van der Waals surface area (Å²) in [7, 11) is 0. The summed E-state index contributed by atoms with van der Waals surface area (Å²) in [5.41, 5.74) is 7.34. The van der Waals surface area contributed by atoms with Gasteiger partial charge in [0.2, 0.25) is 0 Å². The van der Waals surface area contributed by atoms with E-state index in [1.54, 1.807) is 0 Å². The van der Waals surface area contributed by atoms with Gasteiger partial charge < -0.3 is 10.8 Å². The summed E-state index contributed by atoms with van der Waals surface area (Å²) < 4.78 is 0. The summed E-state index contributed by atoms with van der Waals surface area (Å²) in [4.78, 5) is 2.73. The second-order valence-corrected chi connectivity index (χ2v) is 6.43. The number of thiocarbonyl (C=S) groups is 1. The average molecular weight is 296 g/mol. The Kier molecular flexibility index (Phi) is 5.63. The first kappa shape index (κ1) is 14.8. The Labute approximate surface area is 124 Å². The first-order valence-electron chi connectivity index (χ1n) is 6.55. The molecule has 1 atom stereocenters. The van der Waals surface area contributed by atoms with Gasteiger partial charge in [-0.2, -0.15) is 11.8 Å². The summed E-state index contributed by atoms with van der Waals surface area (Å²) in [5, 5.41) is 10.3. The maximum atomic E-state index is 10.3. The number of hydrogen-bond acceptors (Lipinski definition) is 4. The largest absolute Gasteiger partial charge is 0.389 e. The van der Waals surface area contributed by atoms with Crippen LogP contribution in [0.15, 0.2) is 24.3 Å². The summed E-state index contributed by atoms with van der Waals surface area (Å²) in [6.07, 6.45) is 0.765. The molecule has 0 aromatic heterocycles. The zero-order chi connectivity index (χ0) is 13.7. The number of nitrogens with two attached hydrogens (primary N) is 1. The molecule has 0 bridgehead atoms. The van der Waals surface area contributed by atoms with Gasteiger partial charge in [-0.15, -0.1) is 0 Å². The predicted molar refractivity (Wildman–Crippen MR) is 85.7 cm³/mol. The molecule has 1 aromatic carbocycles. The third kappa shape index (κ3) is 4.45.